The highest BCUT2D eigenvalue weighted by molar-refractivity contribution is 5.85. The summed E-state index contributed by atoms with van der Waals surface area (Å²) in [5.41, 5.74) is 7.89. The molecule has 166 valence electrons. The van der Waals surface area contributed by atoms with Crippen molar-refractivity contribution in [2.45, 2.75) is 46.5 Å². The minimum absolute atomic E-state index is 0. The lowest BCUT2D eigenvalue weighted by atomic mass is 10.0. The summed E-state index contributed by atoms with van der Waals surface area (Å²) < 4.78 is 1.97. The van der Waals surface area contributed by atoms with Gasteiger partial charge < -0.3 is 10.2 Å². The molecule has 6 nitrogen and oxygen atoms in total. The molecule has 3 aromatic rings. The van der Waals surface area contributed by atoms with Crippen LogP contribution in [-0.4, -0.2) is 51.6 Å². The molecule has 0 unspecified atom stereocenters. The van der Waals surface area contributed by atoms with Crippen LogP contribution in [0.25, 0.3) is 5.65 Å². The fourth-order valence-electron chi connectivity index (χ4n) is 4.23. The summed E-state index contributed by atoms with van der Waals surface area (Å²) in [6.07, 6.45) is 3.09. The molecule has 7 heteroatoms. The van der Waals surface area contributed by atoms with Crippen LogP contribution >= 0.6 is 12.4 Å². The quantitative estimate of drug-likeness (QED) is 0.637. The van der Waals surface area contributed by atoms with E-state index in [1.165, 1.54) is 16.7 Å². The average molecular weight is 442 g/mol. The van der Waals surface area contributed by atoms with E-state index < -0.39 is 0 Å². The van der Waals surface area contributed by atoms with E-state index in [1.807, 2.05) is 16.3 Å². The Labute approximate surface area is 190 Å². The van der Waals surface area contributed by atoms with Gasteiger partial charge in [0.05, 0.1) is 5.69 Å². The van der Waals surface area contributed by atoms with Gasteiger partial charge in [0.2, 0.25) is 5.91 Å². The average Bonchev–Trinajstić information content (AvgIpc) is 3.11. The van der Waals surface area contributed by atoms with Gasteiger partial charge >= 0.3 is 0 Å². The molecule has 1 aliphatic rings. The number of rotatable bonds is 6. The molecule has 2 aromatic heterocycles. The number of halogens is 1. The maximum atomic E-state index is 12.4. The Hall–Kier alpha value is -2.44. The molecule has 0 aliphatic carbocycles. The molecule has 1 aromatic carbocycles. The summed E-state index contributed by atoms with van der Waals surface area (Å²) in [6.45, 7) is 9.70. The molecule has 0 bridgehead atoms. The van der Waals surface area contributed by atoms with E-state index in [0.29, 0.717) is 6.42 Å². The number of aromatic nitrogens is 3. The molecular weight excluding hydrogens is 410 g/mol. The van der Waals surface area contributed by atoms with E-state index in [-0.39, 0.29) is 18.3 Å². The van der Waals surface area contributed by atoms with Gasteiger partial charge in [-0.25, -0.2) is 9.50 Å². The van der Waals surface area contributed by atoms with Gasteiger partial charge in [-0.1, -0.05) is 31.2 Å². The Morgan fingerprint density at radius 1 is 1.10 bits per heavy atom. The number of nitrogens with zero attached hydrogens (tertiary/aromatic N) is 4. The number of carbonyl (C=O) groups excluding carboxylic acids is 1. The topological polar surface area (TPSA) is 62.5 Å². The number of nitrogens with one attached hydrogen (secondary N) is 1. The van der Waals surface area contributed by atoms with Crippen LogP contribution in [0.3, 0.4) is 0 Å². The zero-order chi connectivity index (χ0) is 21.1. The Bertz CT molecular complexity index is 1040. The molecule has 0 spiro atoms. The predicted octanol–water partition coefficient (Wildman–Crippen LogP) is 3.29. The molecule has 0 atom stereocenters. The van der Waals surface area contributed by atoms with Gasteiger partial charge in [0.1, 0.15) is 0 Å². The molecule has 3 heterocycles. The molecule has 4 rings (SSSR count). The summed E-state index contributed by atoms with van der Waals surface area (Å²) in [7, 11) is 0. The number of aryl methyl sites for hydroxylation is 4. The van der Waals surface area contributed by atoms with E-state index in [2.05, 4.69) is 49.5 Å². The Kier molecular flexibility index (Phi) is 7.68. The molecule has 0 radical (unpaired) electrons. The van der Waals surface area contributed by atoms with Crippen molar-refractivity contribution in [2.75, 3.05) is 26.2 Å². The van der Waals surface area contributed by atoms with Crippen LogP contribution in [0.5, 0.6) is 0 Å². The third-order valence-corrected chi connectivity index (χ3v) is 5.91. The third-order valence-electron chi connectivity index (χ3n) is 5.91. The van der Waals surface area contributed by atoms with Crippen LogP contribution in [0.2, 0.25) is 0 Å². The van der Waals surface area contributed by atoms with Gasteiger partial charge in [-0.2, -0.15) is 5.10 Å². The molecule has 1 N–H and O–H groups in total. The van der Waals surface area contributed by atoms with Gasteiger partial charge in [0, 0.05) is 56.0 Å². The van der Waals surface area contributed by atoms with Crippen LogP contribution < -0.4 is 5.32 Å². The van der Waals surface area contributed by atoms with Crippen LogP contribution in [-0.2, 0) is 24.1 Å². The maximum Gasteiger partial charge on any atom is 0.222 e. The van der Waals surface area contributed by atoms with Gasteiger partial charge in [-0.15, -0.1) is 12.4 Å². The first kappa shape index (κ1) is 23.2. The fourth-order valence-corrected chi connectivity index (χ4v) is 4.23. The number of fused-ring (bicyclic) bond motifs is 1. The summed E-state index contributed by atoms with van der Waals surface area (Å²) >= 11 is 0. The zero-order valence-corrected chi connectivity index (χ0v) is 19.5. The lowest BCUT2D eigenvalue weighted by Gasteiger charge is -2.27. The zero-order valence-electron chi connectivity index (χ0n) is 18.6. The summed E-state index contributed by atoms with van der Waals surface area (Å²) in [6, 6.07) is 10.7. The molecular formula is C24H32ClN5O. The van der Waals surface area contributed by atoms with E-state index >= 15 is 0 Å². The van der Waals surface area contributed by atoms with Gasteiger partial charge in [0.25, 0.3) is 0 Å². The number of piperazine rings is 1. The van der Waals surface area contributed by atoms with Crippen molar-refractivity contribution in [1.82, 2.24) is 24.8 Å². The van der Waals surface area contributed by atoms with E-state index in [0.717, 1.165) is 68.2 Å². The minimum Gasteiger partial charge on any atom is -0.340 e. The Morgan fingerprint density at radius 2 is 1.77 bits per heavy atom. The highest BCUT2D eigenvalue weighted by atomic mass is 35.5. The van der Waals surface area contributed by atoms with E-state index in [9.17, 15) is 4.79 Å². The molecule has 1 aliphatic heterocycles. The Morgan fingerprint density at radius 3 is 2.45 bits per heavy atom. The molecule has 1 fully saturated rings. The van der Waals surface area contributed by atoms with Crippen molar-refractivity contribution in [2.24, 2.45) is 0 Å². The van der Waals surface area contributed by atoms with Crippen molar-refractivity contribution in [3.8, 4) is 0 Å². The van der Waals surface area contributed by atoms with E-state index in [4.69, 9.17) is 10.1 Å². The standard InChI is InChI=1S/C24H31N5O.ClH/c1-4-22-21(24-26-17(2)15-18(3)29(24)27-22)16-20-7-5-19(6-8-20)9-10-23(30)28-13-11-25-12-14-28;/h5-8,15,25H,4,9-14,16H2,1-3H3;1H. The summed E-state index contributed by atoms with van der Waals surface area (Å²) in [5.74, 6) is 0.260. The highest BCUT2D eigenvalue weighted by Gasteiger charge is 2.17. The summed E-state index contributed by atoms with van der Waals surface area (Å²) in [5, 5.41) is 8.07. The number of amides is 1. The first-order valence-electron chi connectivity index (χ1n) is 11.0. The predicted molar refractivity (Wildman–Crippen MR) is 126 cm³/mol. The van der Waals surface area contributed by atoms with Crippen molar-refractivity contribution in [3.05, 3.63) is 64.1 Å². The highest BCUT2D eigenvalue weighted by Crippen LogP contribution is 2.21. The second-order valence-corrected chi connectivity index (χ2v) is 8.18. The van der Waals surface area contributed by atoms with E-state index in [1.54, 1.807) is 0 Å². The normalized spacial score (nSPS) is 14.0. The largest absolute Gasteiger partial charge is 0.340 e. The van der Waals surface area contributed by atoms with Crippen LogP contribution in [0.15, 0.2) is 30.3 Å². The lowest BCUT2D eigenvalue weighted by Crippen LogP contribution is -2.46. The first-order valence-corrected chi connectivity index (χ1v) is 11.0. The number of hydrogen-bond donors (Lipinski definition) is 1. The van der Waals surface area contributed by atoms with Crippen LogP contribution in [0.1, 0.15) is 47.1 Å². The maximum absolute atomic E-state index is 12.4. The molecule has 1 saturated heterocycles. The smallest absolute Gasteiger partial charge is 0.222 e. The first-order chi connectivity index (χ1) is 14.5. The monoisotopic (exact) mass is 441 g/mol. The second-order valence-electron chi connectivity index (χ2n) is 8.18. The molecule has 31 heavy (non-hydrogen) atoms. The number of hydrogen-bond acceptors (Lipinski definition) is 4. The molecule has 1 amide bonds. The van der Waals surface area contributed by atoms with Crippen molar-refractivity contribution < 1.29 is 4.79 Å². The SMILES string of the molecule is CCc1nn2c(C)cc(C)nc2c1Cc1ccc(CCC(=O)N2CCNCC2)cc1.Cl. The Balaban J connectivity index is 0.00000272. The van der Waals surface area contributed by atoms with Crippen molar-refractivity contribution in [1.29, 1.82) is 0 Å². The van der Waals surface area contributed by atoms with Gasteiger partial charge in [-0.05, 0) is 43.9 Å². The summed E-state index contributed by atoms with van der Waals surface area (Å²) in [4.78, 5) is 19.1. The number of carbonyl (C=O) groups is 1. The van der Waals surface area contributed by atoms with Crippen LogP contribution in [0, 0.1) is 13.8 Å². The second kappa shape index (κ2) is 10.2. The molecule has 0 saturated carbocycles. The van der Waals surface area contributed by atoms with Crippen LogP contribution in [0.4, 0.5) is 0 Å². The fraction of sp³-hybridized carbons (Fsp3) is 0.458. The minimum atomic E-state index is 0. The number of benzene rings is 1. The van der Waals surface area contributed by atoms with Gasteiger partial charge in [-0.3, -0.25) is 4.79 Å². The lowest BCUT2D eigenvalue weighted by molar-refractivity contribution is -0.131. The van der Waals surface area contributed by atoms with Crippen molar-refractivity contribution in [3.63, 3.8) is 0 Å². The van der Waals surface area contributed by atoms with Crippen molar-refractivity contribution >= 4 is 24.0 Å². The van der Waals surface area contributed by atoms with Gasteiger partial charge in [0.15, 0.2) is 5.65 Å². The third kappa shape index (κ3) is 5.25.